The van der Waals surface area contributed by atoms with Crippen LogP contribution in [0.5, 0.6) is 0 Å². The Labute approximate surface area is 121 Å². The molecular formula is C12H19IO5. The minimum Gasteiger partial charge on any atom is -0.457 e. The van der Waals surface area contributed by atoms with Gasteiger partial charge in [0.25, 0.3) is 0 Å². The van der Waals surface area contributed by atoms with Gasteiger partial charge in [0, 0.05) is 17.0 Å². The van der Waals surface area contributed by atoms with Crippen LogP contribution in [0.15, 0.2) is 0 Å². The number of ether oxygens (including phenoxy) is 4. The molecule has 2 aliphatic rings. The molecular weight excluding hydrogens is 351 g/mol. The zero-order valence-corrected chi connectivity index (χ0v) is 12.8. The van der Waals surface area contributed by atoms with E-state index in [1.165, 1.54) is 0 Å². The van der Waals surface area contributed by atoms with Gasteiger partial charge in [-0.25, -0.2) is 0 Å². The average Bonchev–Trinajstić information content (AvgIpc) is 2.81. The van der Waals surface area contributed by atoms with Crippen LogP contribution in [0.2, 0.25) is 0 Å². The average molecular weight is 370 g/mol. The fourth-order valence-corrected chi connectivity index (χ4v) is 3.12. The van der Waals surface area contributed by atoms with Crippen LogP contribution in [0.25, 0.3) is 0 Å². The van der Waals surface area contributed by atoms with Crippen molar-refractivity contribution in [3.63, 3.8) is 0 Å². The summed E-state index contributed by atoms with van der Waals surface area (Å²) in [4.78, 5) is 11.4. The summed E-state index contributed by atoms with van der Waals surface area (Å²) in [5.74, 6) is -0.0180. The van der Waals surface area contributed by atoms with Crippen LogP contribution in [0.3, 0.4) is 0 Å². The van der Waals surface area contributed by atoms with Gasteiger partial charge in [0.15, 0.2) is 18.7 Å². The first-order valence-electron chi connectivity index (χ1n) is 6.33. The monoisotopic (exact) mass is 370 g/mol. The molecule has 6 heteroatoms. The summed E-state index contributed by atoms with van der Waals surface area (Å²) >= 11 is 2.31. The van der Waals surface area contributed by atoms with Crippen LogP contribution in [0.1, 0.15) is 26.7 Å². The van der Waals surface area contributed by atoms with E-state index in [1.54, 1.807) is 0 Å². The second kappa shape index (κ2) is 6.49. The molecule has 0 aromatic carbocycles. The lowest BCUT2D eigenvalue weighted by Crippen LogP contribution is -2.32. The number of alkyl halides is 1. The molecule has 0 aliphatic carbocycles. The molecule has 0 aromatic rings. The minimum absolute atomic E-state index is 0.0529. The van der Waals surface area contributed by atoms with E-state index in [4.69, 9.17) is 18.9 Å². The highest BCUT2D eigenvalue weighted by molar-refractivity contribution is 14.1. The van der Waals surface area contributed by atoms with Crippen molar-refractivity contribution >= 4 is 28.6 Å². The van der Waals surface area contributed by atoms with Crippen LogP contribution in [-0.4, -0.2) is 41.8 Å². The Morgan fingerprint density at radius 2 is 2.33 bits per heavy atom. The Hall–Kier alpha value is 0.0800. The Balaban J connectivity index is 1.96. The number of halogens is 1. The number of fused-ring (bicyclic) bond motifs is 1. The lowest BCUT2D eigenvalue weighted by atomic mass is 9.96. The zero-order valence-electron chi connectivity index (χ0n) is 10.6. The lowest BCUT2D eigenvalue weighted by molar-refractivity contribution is -0.251. The molecule has 0 N–H and O–H groups in total. The maximum atomic E-state index is 11.4. The molecule has 2 heterocycles. The van der Waals surface area contributed by atoms with E-state index in [2.05, 4.69) is 22.6 Å². The Kier molecular flexibility index (Phi) is 5.23. The molecule has 0 amide bonds. The molecule has 18 heavy (non-hydrogen) atoms. The molecule has 2 aliphatic heterocycles. The smallest absolute Gasteiger partial charge is 0.306 e. The first kappa shape index (κ1) is 14.5. The molecule has 5 atom stereocenters. The molecule has 2 rings (SSSR count). The third-order valence-electron chi connectivity index (χ3n) is 3.27. The van der Waals surface area contributed by atoms with Gasteiger partial charge in [-0.15, -0.1) is 0 Å². The third kappa shape index (κ3) is 3.15. The van der Waals surface area contributed by atoms with Gasteiger partial charge in [-0.05, 0) is 20.3 Å². The van der Waals surface area contributed by atoms with Crippen LogP contribution in [0, 0.1) is 5.92 Å². The summed E-state index contributed by atoms with van der Waals surface area (Å²) in [5.41, 5.74) is 0. The van der Waals surface area contributed by atoms with Gasteiger partial charge in [-0.2, -0.15) is 0 Å². The van der Waals surface area contributed by atoms with E-state index < -0.39 is 6.29 Å². The van der Waals surface area contributed by atoms with Gasteiger partial charge < -0.3 is 18.9 Å². The van der Waals surface area contributed by atoms with Gasteiger partial charge in [0.2, 0.25) is 0 Å². The van der Waals surface area contributed by atoms with E-state index in [0.717, 1.165) is 10.8 Å². The number of carbonyl (C=O) groups is 1. The normalized spacial score (nSPS) is 36.5. The fraction of sp³-hybridized carbons (Fsp3) is 0.917. The van der Waals surface area contributed by atoms with Crippen molar-refractivity contribution in [3.05, 3.63) is 0 Å². The summed E-state index contributed by atoms with van der Waals surface area (Å²) in [5, 5.41) is 0. The van der Waals surface area contributed by atoms with E-state index >= 15 is 0 Å². The number of hydrogen-bond acceptors (Lipinski definition) is 5. The largest absolute Gasteiger partial charge is 0.457 e. The second-order valence-corrected chi connectivity index (χ2v) is 5.58. The highest BCUT2D eigenvalue weighted by Crippen LogP contribution is 2.39. The van der Waals surface area contributed by atoms with Crippen molar-refractivity contribution < 1.29 is 23.7 Å². The van der Waals surface area contributed by atoms with Crippen LogP contribution < -0.4 is 0 Å². The van der Waals surface area contributed by atoms with Crippen LogP contribution in [-0.2, 0) is 23.7 Å². The first-order chi connectivity index (χ1) is 8.65. The highest BCUT2D eigenvalue weighted by Gasteiger charge is 2.52. The van der Waals surface area contributed by atoms with E-state index in [-0.39, 0.29) is 30.4 Å². The summed E-state index contributed by atoms with van der Waals surface area (Å²) in [6.07, 6.45) is 0.301. The van der Waals surface area contributed by atoms with E-state index in [0.29, 0.717) is 13.0 Å². The van der Waals surface area contributed by atoms with Gasteiger partial charge in [-0.3, -0.25) is 4.79 Å². The predicted octanol–water partition coefficient (Wildman–Crippen LogP) is 1.87. The molecule has 2 fully saturated rings. The third-order valence-corrected chi connectivity index (χ3v) is 3.89. The van der Waals surface area contributed by atoms with Gasteiger partial charge in [0.05, 0.1) is 12.5 Å². The van der Waals surface area contributed by atoms with Gasteiger partial charge in [-0.1, -0.05) is 22.6 Å². The van der Waals surface area contributed by atoms with Gasteiger partial charge in [0.1, 0.15) is 0 Å². The van der Waals surface area contributed by atoms with Crippen molar-refractivity contribution in [3.8, 4) is 0 Å². The standard InChI is InChI=1S/C12H19IO5/c1-3-15-7(2)16-12-11-8(6-10(14)18-11)9(17-12)4-5-13/h7-9,11-12H,3-6H2,1-2H3/t7?,8-,9+,11-,12-/m1/s1. The van der Waals surface area contributed by atoms with E-state index in [9.17, 15) is 4.79 Å². The molecule has 0 bridgehead atoms. The zero-order chi connectivity index (χ0) is 13.1. The lowest BCUT2D eigenvalue weighted by Gasteiger charge is -2.21. The van der Waals surface area contributed by atoms with Crippen molar-refractivity contribution in [2.45, 2.75) is 51.5 Å². The number of hydrogen-bond donors (Lipinski definition) is 0. The fourth-order valence-electron chi connectivity index (χ4n) is 2.51. The van der Waals surface area contributed by atoms with Gasteiger partial charge >= 0.3 is 5.97 Å². The quantitative estimate of drug-likeness (QED) is 0.309. The molecule has 0 saturated carbocycles. The number of carbonyl (C=O) groups excluding carboxylic acids is 1. The minimum atomic E-state index is -0.490. The molecule has 1 unspecified atom stereocenters. The summed E-state index contributed by atoms with van der Waals surface area (Å²) in [6.45, 7) is 4.32. The van der Waals surface area contributed by atoms with Crippen molar-refractivity contribution in [2.75, 3.05) is 11.0 Å². The first-order valence-corrected chi connectivity index (χ1v) is 7.86. The summed E-state index contributed by atoms with van der Waals surface area (Å²) in [6, 6.07) is 0. The Morgan fingerprint density at radius 3 is 3.00 bits per heavy atom. The molecule has 0 spiro atoms. The SMILES string of the molecule is CCOC(C)O[C@@H]1O[C@@H](CCI)[C@H]2CC(=O)O[C@@H]12. The van der Waals surface area contributed by atoms with Crippen molar-refractivity contribution in [1.29, 1.82) is 0 Å². The number of esters is 1. The molecule has 5 nitrogen and oxygen atoms in total. The van der Waals surface area contributed by atoms with E-state index in [1.807, 2.05) is 13.8 Å². The molecule has 2 saturated heterocycles. The maximum absolute atomic E-state index is 11.4. The van der Waals surface area contributed by atoms with Crippen molar-refractivity contribution in [1.82, 2.24) is 0 Å². The highest BCUT2D eigenvalue weighted by atomic mass is 127. The summed E-state index contributed by atoms with van der Waals surface area (Å²) < 4.78 is 23.1. The number of rotatable bonds is 6. The summed E-state index contributed by atoms with van der Waals surface area (Å²) in [7, 11) is 0. The molecule has 0 radical (unpaired) electrons. The second-order valence-electron chi connectivity index (χ2n) is 4.50. The van der Waals surface area contributed by atoms with Crippen LogP contribution in [0.4, 0.5) is 0 Å². The topological polar surface area (TPSA) is 54.0 Å². The maximum Gasteiger partial charge on any atom is 0.306 e. The Bertz CT molecular complexity index is 296. The Morgan fingerprint density at radius 1 is 1.56 bits per heavy atom. The predicted molar refractivity (Wildman–Crippen MR) is 72.3 cm³/mol. The molecule has 0 aromatic heterocycles. The van der Waals surface area contributed by atoms with Crippen molar-refractivity contribution in [2.24, 2.45) is 5.92 Å². The van der Waals surface area contributed by atoms with Crippen LogP contribution >= 0.6 is 22.6 Å². The molecule has 104 valence electrons.